The molecular formula is C20H20N2O3. The van der Waals surface area contributed by atoms with Crippen molar-refractivity contribution in [2.45, 2.75) is 20.3 Å². The molecule has 0 amide bonds. The monoisotopic (exact) mass is 336 g/mol. The van der Waals surface area contributed by atoms with Crippen LogP contribution in [0.2, 0.25) is 0 Å². The lowest BCUT2D eigenvalue weighted by molar-refractivity contribution is -0.134. The van der Waals surface area contributed by atoms with Crippen molar-refractivity contribution in [3.63, 3.8) is 0 Å². The zero-order valence-electron chi connectivity index (χ0n) is 14.6. The summed E-state index contributed by atoms with van der Waals surface area (Å²) in [6.07, 6.45) is 0.832. The molecule has 0 bridgehead atoms. The molecule has 2 heterocycles. The van der Waals surface area contributed by atoms with Gasteiger partial charge in [0.25, 0.3) is 0 Å². The van der Waals surface area contributed by atoms with E-state index in [2.05, 4.69) is 23.0 Å². The number of rotatable bonds is 3. The van der Waals surface area contributed by atoms with Gasteiger partial charge in [-0.15, -0.1) is 0 Å². The van der Waals surface area contributed by atoms with Gasteiger partial charge in [-0.2, -0.15) is 0 Å². The number of aliphatic imine (C=N–C) groups is 1. The summed E-state index contributed by atoms with van der Waals surface area (Å²) in [5.74, 6) is 0.461. The molecule has 4 rings (SSSR count). The number of H-pyrrole nitrogens is 1. The Bertz CT molecular complexity index is 1030. The lowest BCUT2D eigenvalue weighted by Gasteiger charge is -2.18. The summed E-state index contributed by atoms with van der Waals surface area (Å²) in [4.78, 5) is 20.3. The number of carbonyl (C=O) groups excluding carboxylic acids is 1. The van der Waals surface area contributed by atoms with E-state index >= 15 is 0 Å². The number of carbonyl (C=O) groups is 1. The molecule has 1 aromatic heterocycles. The molecule has 1 N–H and O–H groups in total. The van der Waals surface area contributed by atoms with Crippen LogP contribution in [0.25, 0.3) is 21.8 Å². The molecule has 25 heavy (non-hydrogen) atoms. The van der Waals surface area contributed by atoms with Crippen LogP contribution >= 0.6 is 0 Å². The number of fused-ring (bicyclic) bond motifs is 4. The Kier molecular flexibility index (Phi) is 3.71. The summed E-state index contributed by atoms with van der Waals surface area (Å²) < 4.78 is 10.6. The number of methoxy groups -OCH3 is 1. The fourth-order valence-electron chi connectivity index (χ4n) is 3.62. The van der Waals surface area contributed by atoms with Crippen molar-refractivity contribution < 1.29 is 14.3 Å². The summed E-state index contributed by atoms with van der Waals surface area (Å²) in [6, 6.07) is 8.04. The smallest absolute Gasteiger partial charge is 0.357 e. The normalized spacial score (nSPS) is 13.6. The maximum absolute atomic E-state index is 12.3. The molecule has 3 aromatic rings. The minimum absolute atomic E-state index is 0.346. The predicted octanol–water partition coefficient (Wildman–Crippen LogP) is 3.55. The maximum Gasteiger partial charge on any atom is 0.357 e. The number of hydrogen-bond acceptors (Lipinski definition) is 4. The van der Waals surface area contributed by atoms with Gasteiger partial charge in [-0.1, -0.05) is 0 Å². The van der Waals surface area contributed by atoms with E-state index in [1.54, 1.807) is 7.11 Å². The summed E-state index contributed by atoms with van der Waals surface area (Å²) in [5, 5.41) is 2.15. The Morgan fingerprint density at radius 2 is 2.12 bits per heavy atom. The van der Waals surface area contributed by atoms with E-state index in [9.17, 15) is 4.79 Å². The molecule has 5 nitrogen and oxygen atoms in total. The average molecular weight is 336 g/mol. The predicted molar refractivity (Wildman–Crippen MR) is 98.8 cm³/mol. The number of nitrogens with zero attached hydrogens (tertiary/aromatic N) is 1. The largest absolute Gasteiger partial charge is 0.497 e. The van der Waals surface area contributed by atoms with Gasteiger partial charge in [-0.25, -0.2) is 4.79 Å². The number of esters is 1. The van der Waals surface area contributed by atoms with Gasteiger partial charge in [0.1, 0.15) is 5.75 Å². The van der Waals surface area contributed by atoms with Crippen LogP contribution in [-0.4, -0.2) is 36.9 Å². The van der Waals surface area contributed by atoms with Crippen LogP contribution in [0.1, 0.15) is 23.6 Å². The van der Waals surface area contributed by atoms with Gasteiger partial charge in [-0.3, -0.25) is 4.99 Å². The Labute approximate surface area is 145 Å². The molecule has 0 saturated heterocycles. The first-order valence-corrected chi connectivity index (χ1v) is 8.48. The molecule has 0 spiro atoms. The molecule has 128 valence electrons. The van der Waals surface area contributed by atoms with Gasteiger partial charge in [-0.05, 0) is 55.7 Å². The average Bonchev–Trinajstić information content (AvgIpc) is 3.00. The number of hydrogen-bond donors (Lipinski definition) is 1. The third-order valence-corrected chi connectivity index (χ3v) is 4.84. The highest BCUT2D eigenvalue weighted by Crippen LogP contribution is 2.35. The van der Waals surface area contributed by atoms with Crippen LogP contribution in [0.4, 0.5) is 0 Å². The molecular weight excluding hydrogens is 316 g/mol. The van der Waals surface area contributed by atoms with E-state index < -0.39 is 0 Å². The van der Waals surface area contributed by atoms with E-state index in [0.717, 1.165) is 39.5 Å². The van der Waals surface area contributed by atoms with Gasteiger partial charge in [0.05, 0.1) is 13.7 Å². The van der Waals surface area contributed by atoms with Gasteiger partial charge < -0.3 is 14.5 Å². The SMILES string of the molecule is CCOC(=O)C1=NCCc2c1cc1c([nH]c3ccc(OC)cc31)c2C. The Morgan fingerprint density at radius 1 is 1.28 bits per heavy atom. The first-order valence-electron chi connectivity index (χ1n) is 8.48. The highest BCUT2D eigenvalue weighted by atomic mass is 16.5. The van der Waals surface area contributed by atoms with Crippen molar-refractivity contribution in [1.82, 2.24) is 4.98 Å². The molecule has 5 heteroatoms. The van der Waals surface area contributed by atoms with Crippen LogP contribution in [0, 0.1) is 6.92 Å². The molecule has 2 aromatic carbocycles. The minimum Gasteiger partial charge on any atom is -0.497 e. The lowest BCUT2D eigenvalue weighted by Crippen LogP contribution is -2.24. The number of aryl methyl sites for hydroxylation is 1. The summed E-state index contributed by atoms with van der Waals surface area (Å²) >= 11 is 0. The van der Waals surface area contributed by atoms with E-state index in [0.29, 0.717) is 18.9 Å². The van der Waals surface area contributed by atoms with Crippen molar-refractivity contribution in [3.05, 3.63) is 41.0 Å². The third kappa shape index (κ3) is 2.38. The molecule has 0 aliphatic carbocycles. The summed E-state index contributed by atoms with van der Waals surface area (Å²) in [7, 11) is 1.66. The third-order valence-electron chi connectivity index (χ3n) is 4.84. The Hall–Kier alpha value is -2.82. The van der Waals surface area contributed by atoms with Gasteiger partial charge >= 0.3 is 5.97 Å². The highest BCUT2D eigenvalue weighted by Gasteiger charge is 2.25. The van der Waals surface area contributed by atoms with E-state index in [4.69, 9.17) is 9.47 Å². The van der Waals surface area contributed by atoms with Crippen LogP contribution in [0.15, 0.2) is 29.3 Å². The highest BCUT2D eigenvalue weighted by molar-refractivity contribution is 6.44. The van der Waals surface area contributed by atoms with E-state index in [1.807, 2.05) is 25.1 Å². The summed E-state index contributed by atoms with van der Waals surface area (Å²) in [6.45, 7) is 4.87. The quantitative estimate of drug-likeness (QED) is 0.744. The molecule has 1 aliphatic rings. The van der Waals surface area contributed by atoms with Crippen molar-refractivity contribution in [2.75, 3.05) is 20.3 Å². The van der Waals surface area contributed by atoms with Crippen LogP contribution in [-0.2, 0) is 16.0 Å². The number of aromatic nitrogens is 1. The van der Waals surface area contributed by atoms with Crippen molar-refractivity contribution >= 4 is 33.5 Å². The number of benzene rings is 2. The standard InChI is InChI=1S/C20H20N2O3/c1-4-25-20(23)19-15-10-16-14-9-12(24-3)5-6-17(14)22-18(16)11(2)13(15)7-8-21-19/h5-6,9-10,22H,4,7-8H2,1-3H3. The second-order valence-electron chi connectivity index (χ2n) is 6.19. The molecule has 0 atom stereocenters. The maximum atomic E-state index is 12.3. The van der Waals surface area contributed by atoms with Crippen molar-refractivity contribution in [1.29, 1.82) is 0 Å². The minimum atomic E-state index is -0.348. The molecule has 0 fully saturated rings. The van der Waals surface area contributed by atoms with E-state index in [-0.39, 0.29) is 5.97 Å². The number of nitrogens with one attached hydrogen (secondary N) is 1. The molecule has 0 unspecified atom stereocenters. The first-order chi connectivity index (χ1) is 12.1. The summed E-state index contributed by atoms with van der Waals surface area (Å²) in [5.41, 5.74) is 5.81. The zero-order valence-corrected chi connectivity index (χ0v) is 14.6. The second kappa shape index (κ2) is 5.92. The number of aromatic amines is 1. The van der Waals surface area contributed by atoms with Crippen LogP contribution in [0.5, 0.6) is 5.75 Å². The second-order valence-corrected chi connectivity index (χ2v) is 6.19. The van der Waals surface area contributed by atoms with Crippen molar-refractivity contribution in [2.24, 2.45) is 4.99 Å². The molecule has 0 radical (unpaired) electrons. The van der Waals surface area contributed by atoms with Crippen molar-refractivity contribution in [3.8, 4) is 5.75 Å². The molecule has 0 saturated carbocycles. The topological polar surface area (TPSA) is 63.7 Å². The first kappa shape index (κ1) is 15.7. The van der Waals surface area contributed by atoms with Crippen LogP contribution < -0.4 is 4.74 Å². The van der Waals surface area contributed by atoms with E-state index in [1.165, 1.54) is 11.1 Å². The fraction of sp³-hybridized carbons (Fsp3) is 0.300. The lowest BCUT2D eigenvalue weighted by atomic mass is 9.91. The van der Waals surface area contributed by atoms with Gasteiger partial charge in [0, 0.05) is 33.9 Å². The Morgan fingerprint density at radius 3 is 2.88 bits per heavy atom. The molecule has 1 aliphatic heterocycles. The number of ether oxygens (including phenoxy) is 2. The fourth-order valence-corrected chi connectivity index (χ4v) is 3.62. The van der Waals surface area contributed by atoms with Crippen LogP contribution in [0.3, 0.4) is 0 Å². The van der Waals surface area contributed by atoms with Gasteiger partial charge in [0.2, 0.25) is 0 Å². The zero-order chi connectivity index (χ0) is 17.6. The van der Waals surface area contributed by atoms with Gasteiger partial charge in [0.15, 0.2) is 5.71 Å². The Balaban J connectivity index is 2.00.